The Morgan fingerprint density at radius 3 is 2.25 bits per heavy atom. The lowest BCUT2D eigenvalue weighted by molar-refractivity contribution is -0.386. The molecule has 1 amide bonds. The highest BCUT2D eigenvalue weighted by atomic mass is 16.6. The van der Waals surface area contributed by atoms with Gasteiger partial charge in [-0.15, -0.1) is 0 Å². The average molecular weight is 278 g/mol. The third-order valence-electron chi connectivity index (χ3n) is 3.49. The normalized spacial score (nSPS) is 17.5. The number of nitrogens with zero attached hydrogens (tertiary/aromatic N) is 2. The number of likely N-dealkylation sites (tertiary alicyclic amines) is 1. The number of carboxylic acid groups (broad SMARTS) is 1. The van der Waals surface area contributed by atoms with Crippen LogP contribution < -0.4 is 0 Å². The van der Waals surface area contributed by atoms with Crippen molar-refractivity contribution in [1.82, 2.24) is 4.90 Å². The van der Waals surface area contributed by atoms with E-state index in [1.807, 2.05) is 0 Å². The van der Waals surface area contributed by atoms with Crippen molar-refractivity contribution in [2.24, 2.45) is 0 Å². The number of nitro benzene ring substituents is 1. The summed E-state index contributed by atoms with van der Waals surface area (Å²) in [6, 6.07) is 2.08. The maximum Gasteiger partial charge on any atom is 0.326 e. The molecule has 1 fully saturated rings. The molecule has 1 aliphatic heterocycles. The van der Waals surface area contributed by atoms with Gasteiger partial charge in [0.1, 0.15) is 6.04 Å². The molecule has 1 N–H and O–H groups in total. The van der Waals surface area contributed by atoms with Gasteiger partial charge >= 0.3 is 5.97 Å². The van der Waals surface area contributed by atoms with Gasteiger partial charge in [0.05, 0.1) is 4.92 Å². The number of rotatable bonds is 3. The first-order valence-corrected chi connectivity index (χ1v) is 6.12. The number of carbonyl (C=O) groups excluding carboxylic acids is 1. The molecule has 0 saturated carbocycles. The Morgan fingerprint density at radius 1 is 1.35 bits per heavy atom. The quantitative estimate of drug-likeness (QED) is 0.667. The lowest BCUT2D eigenvalue weighted by Crippen LogP contribution is -2.55. The first-order chi connectivity index (χ1) is 9.32. The number of nitro groups is 1. The number of aryl methyl sites for hydroxylation is 2. The van der Waals surface area contributed by atoms with E-state index in [9.17, 15) is 19.7 Å². The van der Waals surface area contributed by atoms with Crippen LogP contribution in [0.4, 0.5) is 5.69 Å². The van der Waals surface area contributed by atoms with E-state index in [0.717, 1.165) is 0 Å². The fourth-order valence-electron chi connectivity index (χ4n) is 2.42. The van der Waals surface area contributed by atoms with Crippen molar-refractivity contribution in [3.8, 4) is 0 Å². The van der Waals surface area contributed by atoms with Crippen molar-refractivity contribution < 1.29 is 19.6 Å². The zero-order valence-electron chi connectivity index (χ0n) is 11.1. The van der Waals surface area contributed by atoms with E-state index in [2.05, 4.69) is 0 Å². The molecule has 0 aromatic heterocycles. The van der Waals surface area contributed by atoms with Crippen LogP contribution in [-0.4, -0.2) is 39.4 Å². The summed E-state index contributed by atoms with van der Waals surface area (Å²) in [5, 5.41) is 19.8. The first kappa shape index (κ1) is 14.0. The lowest BCUT2D eigenvalue weighted by Gasteiger charge is -2.38. The Hall–Kier alpha value is -2.44. The number of aliphatic carboxylic acids is 1. The van der Waals surface area contributed by atoms with Gasteiger partial charge in [-0.25, -0.2) is 4.79 Å². The maximum absolute atomic E-state index is 12.2. The van der Waals surface area contributed by atoms with Gasteiger partial charge < -0.3 is 10.0 Å². The largest absolute Gasteiger partial charge is 0.480 e. The molecule has 20 heavy (non-hydrogen) atoms. The molecule has 0 spiro atoms. The van der Waals surface area contributed by atoms with Gasteiger partial charge in [0.15, 0.2) is 0 Å². The second-order valence-corrected chi connectivity index (χ2v) is 4.86. The summed E-state index contributed by atoms with van der Waals surface area (Å²) in [6.45, 7) is 3.52. The van der Waals surface area contributed by atoms with Gasteiger partial charge in [-0.1, -0.05) is 0 Å². The molecular formula is C13H14N2O5. The zero-order chi connectivity index (χ0) is 15.0. The first-order valence-electron chi connectivity index (χ1n) is 6.12. The van der Waals surface area contributed by atoms with Crippen molar-refractivity contribution in [3.63, 3.8) is 0 Å². The van der Waals surface area contributed by atoms with Crippen molar-refractivity contribution >= 4 is 17.6 Å². The third kappa shape index (κ3) is 2.22. The van der Waals surface area contributed by atoms with Crippen molar-refractivity contribution in [2.45, 2.75) is 26.3 Å². The molecule has 1 aliphatic rings. The summed E-state index contributed by atoms with van der Waals surface area (Å²) in [5.41, 5.74) is 1.06. The highest BCUT2D eigenvalue weighted by Gasteiger charge is 2.38. The van der Waals surface area contributed by atoms with Crippen LogP contribution in [0, 0.1) is 24.0 Å². The summed E-state index contributed by atoms with van der Waals surface area (Å²) in [5.74, 6) is -1.43. The van der Waals surface area contributed by atoms with E-state index in [1.54, 1.807) is 13.8 Å². The Balaban J connectivity index is 2.33. The van der Waals surface area contributed by atoms with Gasteiger partial charge in [-0.05, 0) is 32.4 Å². The molecule has 7 nitrogen and oxygen atoms in total. The fourth-order valence-corrected chi connectivity index (χ4v) is 2.42. The van der Waals surface area contributed by atoms with Crippen molar-refractivity contribution in [1.29, 1.82) is 0 Å². The minimum Gasteiger partial charge on any atom is -0.480 e. The predicted molar refractivity (Wildman–Crippen MR) is 69.6 cm³/mol. The minimum atomic E-state index is -1.03. The number of hydrogen-bond donors (Lipinski definition) is 1. The molecule has 2 rings (SSSR count). The lowest BCUT2D eigenvalue weighted by atomic mass is 9.99. The van der Waals surface area contributed by atoms with Gasteiger partial charge in [0.2, 0.25) is 0 Å². The molecule has 0 radical (unpaired) electrons. The average Bonchev–Trinajstić information content (AvgIpc) is 2.24. The van der Waals surface area contributed by atoms with Crippen LogP contribution in [0.3, 0.4) is 0 Å². The molecule has 7 heteroatoms. The number of benzene rings is 1. The monoisotopic (exact) mass is 278 g/mol. The number of carbonyl (C=O) groups is 2. The summed E-state index contributed by atoms with van der Waals surface area (Å²) in [7, 11) is 0. The molecular weight excluding hydrogens is 264 g/mol. The van der Waals surface area contributed by atoms with E-state index in [0.29, 0.717) is 24.1 Å². The van der Waals surface area contributed by atoms with Crippen LogP contribution in [0.2, 0.25) is 0 Å². The molecule has 1 aromatic rings. The Labute approximate surface area is 115 Å². The van der Waals surface area contributed by atoms with Crippen LogP contribution in [0.1, 0.15) is 27.9 Å². The second-order valence-electron chi connectivity index (χ2n) is 4.86. The Morgan fingerprint density at radius 2 is 1.90 bits per heavy atom. The summed E-state index contributed by atoms with van der Waals surface area (Å²) >= 11 is 0. The van der Waals surface area contributed by atoms with E-state index >= 15 is 0 Å². The standard InChI is InChI=1S/C13H14N2O5/c1-7-5-9(6-8(2)11(7)15(19)20)12(16)14-4-3-10(14)13(17)18/h5-6,10H,3-4H2,1-2H3,(H,17,18)/t10-/m1/s1. The molecule has 0 bridgehead atoms. The molecule has 0 aliphatic carbocycles. The zero-order valence-corrected chi connectivity index (χ0v) is 11.1. The SMILES string of the molecule is Cc1cc(C(=O)N2CC[C@@H]2C(=O)O)cc(C)c1[N+](=O)[O-]. The van der Waals surface area contributed by atoms with Crippen LogP contribution >= 0.6 is 0 Å². The second kappa shape index (κ2) is 4.92. The number of hydrogen-bond acceptors (Lipinski definition) is 4. The number of amides is 1. The van der Waals surface area contributed by atoms with E-state index < -0.39 is 22.8 Å². The van der Waals surface area contributed by atoms with Crippen LogP contribution in [0.5, 0.6) is 0 Å². The molecule has 1 atom stereocenters. The van der Waals surface area contributed by atoms with Crippen LogP contribution in [0.15, 0.2) is 12.1 Å². The smallest absolute Gasteiger partial charge is 0.326 e. The molecule has 106 valence electrons. The summed E-state index contributed by atoms with van der Waals surface area (Å²) in [4.78, 5) is 34.8. The highest BCUT2D eigenvalue weighted by molar-refractivity contribution is 5.98. The molecule has 1 aromatic carbocycles. The predicted octanol–water partition coefficient (Wildman–Crippen LogP) is 1.51. The van der Waals surface area contributed by atoms with E-state index in [-0.39, 0.29) is 11.3 Å². The van der Waals surface area contributed by atoms with Crippen molar-refractivity contribution in [3.05, 3.63) is 38.9 Å². The Kier molecular flexibility index (Phi) is 3.44. The summed E-state index contributed by atoms with van der Waals surface area (Å²) < 4.78 is 0. The topological polar surface area (TPSA) is 101 Å². The Bertz CT molecular complexity index is 588. The maximum atomic E-state index is 12.2. The molecule has 1 saturated heterocycles. The van der Waals surface area contributed by atoms with E-state index in [1.165, 1.54) is 17.0 Å². The molecule has 1 heterocycles. The van der Waals surface area contributed by atoms with Gasteiger partial charge in [0, 0.05) is 23.2 Å². The molecule has 0 unspecified atom stereocenters. The summed E-state index contributed by atoms with van der Waals surface area (Å²) in [6.07, 6.45) is 0.437. The minimum absolute atomic E-state index is 0.0139. The van der Waals surface area contributed by atoms with Gasteiger partial charge in [0.25, 0.3) is 11.6 Å². The number of carboxylic acids is 1. The van der Waals surface area contributed by atoms with E-state index in [4.69, 9.17) is 5.11 Å². The highest BCUT2D eigenvalue weighted by Crippen LogP contribution is 2.27. The van der Waals surface area contributed by atoms with Gasteiger partial charge in [-0.2, -0.15) is 0 Å². The fraction of sp³-hybridized carbons (Fsp3) is 0.385. The van der Waals surface area contributed by atoms with Gasteiger partial charge in [-0.3, -0.25) is 14.9 Å². The van der Waals surface area contributed by atoms with Crippen molar-refractivity contribution in [2.75, 3.05) is 6.54 Å². The third-order valence-corrected chi connectivity index (χ3v) is 3.49. The van der Waals surface area contributed by atoms with Crippen LogP contribution in [-0.2, 0) is 4.79 Å². The van der Waals surface area contributed by atoms with Crippen LogP contribution in [0.25, 0.3) is 0 Å².